The summed E-state index contributed by atoms with van der Waals surface area (Å²) in [7, 11) is 0. The summed E-state index contributed by atoms with van der Waals surface area (Å²) in [5.74, 6) is 0.0000463. The van der Waals surface area contributed by atoms with Gasteiger partial charge in [-0.2, -0.15) is 15.4 Å². The molecule has 78 valence electrons. The fourth-order valence-electron chi connectivity index (χ4n) is 1.53. The number of aromatic amines is 1. The lowest BCUT2D eigenvalue weighted by Crippen LogP contribution is -1.99. The molecule has 0 aliphatic carbocycles. The lowest BCUT2D eigenvalue weighted by molar-refractivity contribution is 0.101. The lowest BCUT2D eigenvalue weighted by Gasteiger charge is -1.88. The molecule has 2 heterocycles. The van der Waals surface area contributed by atoms with Gasteiger partial charge in [0.05, 0.1) is 6.20 Å². The van der Waals surface area contributed by atoms with Gasteiger partial charge in [-0.15, -0.1) is 0 Å². The first-order chi connectivity index (χ1) is 7.84. The largest absolute Gasteiger partial charge is 0.453 e. The van der Waals surface area contributed by atoms with Crippen molar-refractivity contribution in [1.82, 2.24) is 15.4 Å². The smallest absolute Gasteiger partial charge is 0.250 e. The van der Waals surface area contributed by atoms with E-state index < -0.39 is 0 Å². The number of ketones is 1. The van der Waals surface area contributed by atoms with Crippen LogP contribution in [0.4, 0.5) is 0 Å². The third kappa shape index (κ3) is 1.30. The molecule has 0 fully saturated rings. The normalized spacial score (nSPS) is 10.8. The Bertz CT molecular complexity index is 607. The van der Waals surface area contributed by atoms with Crippen LogP contribution in [0.15, 0.2) is 40.9 Å². The SMILES string of the molecule is O=C(c1cn[nH]n1)c1cc2ccccc2o1. The number of para-hydroxylation sites is 1. The van der Waals surface area contributed by atoms with Gasteiger partial charge in [-0.25, -0.2) is 0 Å². The zero-order chi connectivity index (χ0) is 11.0. The maximum absolute atomic E-state index is 11.9. The van der Waals surface area contributed by atoms with Crippen molar-refractivity contribution in [2.24, 2.45) is 0 Å². The Kier molecular flexibility index (Phi) is 1.83. The van der Waals surface area contributed by atoms with Crippen LogP contribution in [-0.2, 0) is 0 Å². The van der Waals surface area contributed by atoms with E-state index in [0.717, 1.165) is 5.39 Å². The molecular weight excluding hydrogens is 206 g/mol. The molecule has 0 atom stereocenters. The van der Waals surface area contributed by atoms with Gasteiger partial charge in [-0.1, -0.05) is 18.2 Å². The molecule has 5 nitrogen and oxygen atoms in total. The van der Waals surface area contributed by atoms with Gasteiger partial charge in [0, 0.05) is 5.39 Å². The molecule has 2 aromatic heterocycles. The number of carbonyl (C=O) groups excluding carboxylic acids is 1. The highest BCUT2D eigenvalue weighted by molar-refractivity contribution is 6.07. The van der Waals surface area contributed by atoms with Gasteiger partial charge in [-0.3, -0.25) is 4.79 Å². The fourth-order valence-corrected chi connectivity index (χ4v) is 1.53. The molecule has 5 heteroatoms. The Morgan fingerprint density at radius 1 is 1.31 bits per heavy atom. The highest BCUT2D eigenvalue weighted by Gasteiger charge is 2.16. The van der Waals surface area contributed by atoms with E-state index in [2.05, 4.69) is 15.4 Å². The fraction of sp³-hybridized carbons (Fsp3) is 0. The summed E-state index contributed by atoms with van der Waals surface area (Å²) in [5.41, 5.74) is 0.938. The topological polar surface area (TPSA) is 71.8 Å². The van der Waals surface area contributed by atoms with Crippen LogP contribution in [-0.4, -0.2) is 21.2 Å². The number of hydrogen-bond donors (Lipinski definition) is 1. The average Bonchev–Trinajstić information content (AvgIpc) is 2.97. The van der Waals surface area contributed by atoms with Gasteiger partial charge >= 0.3 is 0 Å². The molecule has 0 bridgehead atoms. The van der Waals surface area contributed by atoms with Crippen molar-refractivity contribution in [3.8, 4) is 0 Å². The van der Waals surface area contributed by atoms with Gasteiger partial charge in [-0.05, 0) is 12.1 Å². The Morgan fingerprint density at radius 2 is 2.19 bits per heavy atom. The van der Waals surface area contributed by atoms with E-state index >= 15 is 0 Å². The van der Waals surface area contributed by atoms with E-state index in [0.29, 0.717) is 5.58 Å². The first kappa shape index (κ1) is 8.84. The van der Waals surface area contributed by atoms with Crippen LogP contribution in [0.3, 0.4) is 0 Å². The van der Waals surface area contributed by atoms with Crippen molar-refractivity contribution in [2.45, 2.75) is 0 Å². The lowest BCUT2D eigenvalue weighted by atomic mass is 10.2. The van der Waals surface area contributed by atoms with Crippen LogP contribution in [0.2, 0.25) is 0 Å². The Labute approximate surface area is 90.1 Å². The minimum Gasteiger partial charge on any atom is -0.453 e. The Morgan fingerprint density at radius 3 is 2.94 bits per heavy atom. The van der Waals surface area contributed by atoms with E-state index in [9.17, 15) is 4.79 Å². The Balaban J connectivity index is 2.10. The second-order valence-electron chi connectivity index (χ2n) is 3.33. The molecule has 0 amide bonds. The predicted molar refractivity (Wildman–Crippen MR) is 56.0 cm³/mol. The van der Waals surface area contributed by atoms with E-state index in [1.165, 1.54) is 6.20 Å². The number of carbonyl (C=O) groups is 1. The number of nitrogens with zero attached hydrogens (tertiary/aromatic N) is 2. The third-order valence-electron chi connectivity index (χ3n) is 2.30. The van der Waals surface area contributed by atoms with Crippen molar-refractivity contribution in [2.75, 3.05) is 0 Å². The minimum absolute atomic E-state index is 0.249. The van der Waals surface area contributed by atoms with Crippen LogP contribution in [0.5, 0.6) is 0 Å². The van der Waals surface area contributed by atoms with E-state index in [1.807, 2.05) is 24.3 Å². The van der Waals surface area contributed by atoms with Crippen LogP contribution in [0, 0.1) is 0 Å². The summed E-state index contributed by atoms with van der Waals surface area (Å²) in [6.07, 6.45) is 1.37. The summed E-state index contributed by atoms with van der Waals surface area (Å²) < 4.78 is 5.42. The third-order valence-corrected chi connectivity index (χ3v) is 2.30. The molecule has 16 heavy (non-hydrogen) atoms. The molecule has 0 radical (unpaired) electrons. The number of nitrogens with one attached hydrogen (secondary N) is 1. The molecule has 0 saturated carbocycles. The zero-order valence-corrected chi connectivity index (χ0v) is 8.18. The van der Waals surface area contributed by atoms with Crippen molar-refractivity contribution >= 4 is 16.8 Å². The number of H-pyrrole nitrogens is 1. The monoisotopic (exact) mass is 213 g/mol. The quantitative estimate of drug-likeness (QED) is 0.658. The average molecular weight is 213 g/mol. The second-order valence-corrected chi connectivity index (χ2v) is 3.33. The maximum Gasteiger partial charge on any atom is 0.250 e. The molecule has 0 aliphatic heterocycles. The second kappa shape index (κ2) is 3.30. The molecule has 0 unspecified atom stereocenters. The minimum atomic E-state index is -0.273. The number of fused-ring (bicyclic) bond motifs is 1. The summed E-state index contributed by atoms with van der Waals surface area (Å²) >= 11 is 0. The predicted octanol–water partition coefficient (Wildman–Crippen LogP) is 1.78. The van der Waals surface area contributed by atoms with Gasteiger partial charge in [0.15, 0.2) is 11.5 Å². The summed E-state index contributed by atoms with van der Waals surface area (Å²) in [6.45, 7) is 0. The van der Waals surface area contributed by atoms with Crippen molar-refractivity contribution < 1.29 is 9.21 Å². The number of rotatable bonds is 2. The summed E-state index contributed by atoms with van der Waals surface area (Å²) in [5, 5.41) is 10.6. The van der Waals surface area contributed by atoms with Crippen LogP contribution < -0.4 is 0 Å². The van der Waals surface area contributed by atoms with Crippen molar-refractivity contribution in [1.29, 1.82) is 0 Å². The molecule has 0 spiro atoms. The number of furan rings is 1. The van der Waals surface area contributed by atoms with E-state index in [-0.39, 0.29) is 17.2 Å². The molecule has 0 aliphatic rings. The van der Waals surface area contributed by atoms with Gasteiger partial charge in [0.2, 0.25) is 5.78 Å². The number of aromatic nitrogens is 3. The summed E-state index contributed by atoms with van der Waals surface area (Å²) in [6, 6.07) is 9.15. The zero-order valence-electron chi connectivity index (χ0n) is 8.18. The standard InChI is InChI=1S/C11H7N3O2/c15-11(8-6-12-14-13-8)10-5-7-3-1-2-4-9(7)16-10/h1-6H,(H,12,13,14). The highest BCUT2D eigenvalue weighted by Crippen LogP contribution is 2.20. The van der Waals surface area contributed by atoms with Crippen molar-refractivity contribution in [3.63, 3.8) is 0 Å². The number of hydrogen-bond acceptors (Lipinski definition) is 4. The van der Waals surface area contributed by atoms with E-state index in [4.69, 9.17) is 4.42 Å². The van der Waals surface area contributed by atoms with E-state index in [1.54, 1.807) is 6.07 Å². The molecule has 0 saturated heterocycles. The van der Waals surface area contributed by atoms with Crippen molar-refractivity contribution in [3.05, 3.63) is 48.0 Å². The van der Waals surface area contributed by atoms with Crippen LogP contribution in [0.25, 0.3) is 11.0 Å². The first-order valence-corrected chi connectivity index (χ1v) is 4.73. The summed E-state index contributed by atoms with van der Waals surface area (Å²) in [4.78, 5) is 11.9. The molecule has 1 aromatic carbocycles. The van der Waals surface area contributed by atoms with Gasteiger partial charge in [0.1, 0.15) is 5.58 Å². The number of benzene rings is 1. The van der Waals surface area contributed by atoms with Crippen LogP contribution >= 0.6 is 0 Å². The molecule has 1 N–H and O–H groups in total. The Hall–Kier alpha value is -2.43. The maximum atomic E-state index is 11.9. The van der Waals surface area contributed by atoms with Gasteiger partial charge in [0.25, 0.3) is 0 Å². The molecular formula is C11H7N3O2. The van der Waals surface area contributed by atoms with Crippen LogP contribution in [0.1, 0.15) is 16.2 Å². The molecule has 3 rings (SSSR count). The molecule has 3 aromatic rings. The highest BCUT2D eigenvalue weighted by atomic mass is 16.3. The first-order valence-electron chi connectivity index (χ1n) is 4.73. The van der Waals surface area contributed by atoms with Gasteiger partial charge < -0.3 is 4.42 Å².